The molecule has 2 aromatic rings. The number of hydrogen-bond acceptors (Lipinski definition) is 4. The largest absolute Gasteiger partial charge is 0.349 e. The van der Waals surface area contributed by atoms with Gasteiger partial charge in [0.25, 0.3) is 5.91 Å². The normalized spacial score (nSPS) is 20.1. The van der Waals surface area contributed by atoms with Gasteiger partial charge in [-0.15, -0.1) is 0 Å². The van der Waals surface area contributed by atoms with Gasteiger partial charge in [-0.1, -0.05) is 24.3 Å². The summed E-state index contributed by atoms with van der Waals surface area (Å²) in [6.45, 7) is 1.41. The molecule has 0 bridgehead atoms. The number of piperidine rings is 1. The maximum absolute atomic E-state index is 12.7. The zero-order valence-electron chi connectivity index (χ0n) is 16.5. The van der Waals surface area contributed by atoms with Gasteiger partial charge < -0.3 is 9.80 Å². The molecular weight excluding hydrogens is 352 g/mol. The first-order valence-electron chi connectivity index (χ1n) is 9.85. The third kappa shape index (κ3) is 3.28. The van der Waals surface area contributed by atoms with Crippen LogP contribution in [0, 0.1) is 0 Å². The molecule has 0 saturated carbocycles. The topological polar surface area (TPSA) is 66.4 Å². The zero-order chi connectivity index (χ0) is 19.7. The lowest BCUT2D eigenvalue weighted by molar-refractivity contribution is -0.129. The van der Waals surface area contributed by atoms with Crippen LogP contribution in [-0.2, 0) is 10.2 Å². The number of hydrogen-bond donors (Lipinski definition) is 0. The van der Waals surface area contributed by atoms with Gasteiger partial charge in [-0.05, 0) is 41.7 Å². The van der Waals surface area contributed by atoms with E-state index in [1.54, 1.807) is 17.3 Å². The smallest absolute Gasteiger partial charge is 0.274 e. The molecule has 1 aromatic heterocycles. The van der Waals surface area contributed by atoms with E-state index in [4.69, 9.17) is 0 Å². The number of aromatic nitrogens is 2. The highest BCUT2D eigenvalue weighted by molar-refractivity contribution is 5.92. The van der Waals surface area contributed by atoms with Crippen molar-refractivity contribution in [3.05, 3.63) is 59.7 Å². The number of amides is 2. The Morgan fingerprint density at radius 2 is 1.93 bits per heavy atom. The molecule has 2 amide bonds. The number of carbonyl (C=O) groups is 2. The van der Waals surface area contributed by atoms with Gasteiger partial charge in [0.05, 0.1) is 6.20 Å². The lowest BCUT2D eigenvalue weighted by Crippen LogP contribution is -2.44. The standard InChI is InChI=1S/C22H26N4O2/c1-25(2)20(27)13-16-14-22(18-6-4-3-5-17(16)18)7-11-26(12-8-22)21(28)19-15-23-9-10-24-19/h3-6,9-10,15-16H,7-8,11-14H2,1-2H3/t16-/m1/s1. The molecule has 2 heterocycles. The molecule has 0 N–H and O–H groups in total. The second kappa shape index (κ2) is 7.34. The number of carbonyl (C=O) groups excluding carboxylic acids is 2. The van der Waals surface area contributed by atoms with Gasteiger partial charge in [0.1, 0.15) is 5.69 Å². The summed E-state index contributed by atoms with van der Waals surface area (Å²) in [4.78, 5) is 36.8. The fourth-order valence-electron chi connectivity index (χ4n) is 4.79. The highest BCUT2D eigenvalue weighted by Crippen LogP contribution is 2.52. The lowest BCUT2D eigenvalue weighted by Gasteiger charge is -2.40. The minimum Gasteiger partial charge on any atom is -0.349 e. The Kier molecular flexibility index (Phi) is 4.87. The second-order valence-corrected chi connectivity index (χ2v) is 8.14. The van der Waals surface area contributed by atoms with Crippen LogP contribution in [0.2, 0.25) is 0 Å². The first-order valence-corrected chi connectivity index (χ1v) is 9.85. The minimum absolute atomic E-state index is 0.0476. The molecular formula is C22H26N4O2. The van der Waals surface area contributed by atoms with Crippen LogP contribution in [-0.4, -0.2) is 58.8 Å². The van der Waals surface area contributed by atoms with Crippen molar-refractivity contribution < 1.29 is 9.59 Å². The monoisotopic (exact) mass is 378 g/mol. The first kappa shape index (κ1) is 18.6. The van der Waals surface area contributed by atoms with E-state index in [9.17, 15) is 9.59 Å². The van der Waals surface area contributed by atoms with Crippen LogP contribution in [0.3, 0.4) is 0 Å². The van der Waals surface area contributed by atoms with Crippen molar-refractivity contribution in [3.63, 3.8) is 0 Å². The van der Waals surface area contributed by atoms with Crippen LogP contribution >= 0.6 is 0 Å². The predicted octanol–water partition coefficient (Wildman–Crippen LogP) is 2.62. The van der Waals surface area contributed by atoms with Crippen LogP contribution < -0.4 is 0 Å². The summed E-state index contributed by atoms with van der Waals surface area (Å²) >= 11 is 0. The molecule has 1 saturated heterocycles. The Balaban J connectivity index is 1.52. The molecule has 6 nitrogen and oxygen atoms in total. The summed E-state index contributed by atoms with van der Waals surface area (Å²) in [5.41, 5.74) is 3.15. The van der Waals surface area contributed by atoms with E-state index >= 15 is 0 Å². The Bertz CT molecular complexity index is 873. The molecule has 2 aliphatic rings. The first-order chi connectivity index (χ1) is 13.5. The molecule has 4 rings (SSSR count). The molecule has 6 heteroatoms. The van der Waals surface area contributed by atoms with Crippen molar-refractivity contribution in [2.24, 2.45) is 0 Å². The molecule has 1 aromatic carbocycles. The molecule has 146 valence electrons. The fourth-order valence-corrected chi connectivity index (χ4v) is 4.79. The molecule has 0 radical (unpaired) electrons. The number of likely N-dealkylation sites (tertiary alicyclic amines) is 1. The van der Waals surface area contributed by atoms with Crippen molar-refractivity contribution in [1.82, 2.24) is 19.8 Å². The third-order valence-corrected chi connectivity index (χ3v) is 6.32. The zero-order valence-corrected chi connectivity index (χ0v) is 16.5. The van der Waals surface area contributed by atoms with E-state index in [-0.39, 0.29) is 23.1 Å². The summed E-state index contributed by atoms with van der Waals surface area (Å²) in [6.07, 6.45) is 8.03. The maximum atomic E-state index is 12.7. The number of nitrogens with zero attached hydrogens (tertiary/aromatic N) is 4. The van der Waals surface area contributed by atoms with Crippen LogP contribution in [0.4, 0.5) is 0 Å². The van der Waals surface area contributed by atoms with E-state index in [0.29, 0.717) is 25.2 Å². The quantitative estimate of drug-likeness (QED) is 0.823. The predicted molar refractivity (Wildman–Crippen MR) is 106 cm³/mol. The molecule has 1 atom stereocenters. The van der Waals surface area contributed by atoms with E-state index in [1.807, 2.05) is 19.0 Å². The number of benzene rings is 1. The summed E-state index contributed by atoms with van der Waals surface area (Å²) in [5, 5.41) is 0. The van der Waals surface area contributed by atoms with E-state index in [2.05, 4.69) is 34.2 Å². The summed E-state index contributed by atoms with van der Waals surface area (Å²) in [7, 11) is 3.63. The SMILES string of the molecule is CN(C)C(=O)C[C@@H]1CC2(CCN(C(=O)c3cnccn3)CC2)c2ccccc21. The average molecular weight is 378 g/mol. The van der Waals surface area contributed by atoms with E-state index in [1.165, 1.54) is 17.3 Å². The van der Waals surface area contributed by atoms with Gasteiger partial charge in [-0.3, -0.25) is 14.6 Å². The second-order valence-electron chi connectivity index (χ2n) is 8.14. The molecule has 1 aliphatic heterocycles. The highest BCUT2D eigenvalue weighted by Gasteiger charge is 2.46. The van der Waals surface area contributed by atoms with E-state index in [0.717, 1.165) is 19.3 Å². The van der Waals surface area contributed by atoms with Gasteiger partial charge in [0, 0.05) is 46.0 Å². The van der Waals surface area contributed by atoms with Crippen molar-refractivity contribution in [2.75, 3.05) is 27.2 Å². The molecule has 1 aliphatic carbocycles. The van der Waals surface area contributed by atoms with Crippen LogP contribution in [0.25, 0.3) is 0 Å². The molecule has 28 heavy (non-hydrogen) atoms. The summed E-state index contributed by atoms with van der Waals surface area (Å²) in [5.74, 6) is 0.383. The van der Waals surface area contributed by atoms with Gasteiger partial charge >= 0.3 is 0 Å². The van der Waals surface area contributed by atoms with E-state index < -0.39 is 0 Å². The van der Waals surface area contributed by atoms with Crippen molar-refractivity contribution in [3.8, 4) is 0 Å². The molecule has 1 fully saturated rings. The van der Waals surface area contributed by atoms with Crippen LogP contribution in [0.15, 0.2) is 42.9 Å². The van der Waals surface area contributed by atoms with Crippen LogP contribution in [0.5, 0.6) is 0 Å². The number of rotatable bonds is 3. The van der Waals surface area contributed by atoms with Gasteiger partial charge in [-0.25, -0.2) is 4.98 Å². The Hall–Kier alpha value is -2.76. The van der Waals surface area contributed by atoms with Crippen LogP contribution in [0.1, 0.15) is 53.2 Å². The Labute approximate surface area is 165 Å². The highest BCUT2D eigenvalue weighted by atomic mass is 16.2. The van der Waals surface area contributed by atoms with Gasteiger partial charge in [0.2, 0.25) is 5.91 Å². The maximum Gasteiger partial charge on any atom is 0.274 e. The van der Waals surface area contributed by atoms with Crippen molar-refractivity contribution >= 4 is 11.8 Å². The fraction of sp³-hybridized carbons (Fsp3) is 0.455. The minimum atomic E-state index is -0.0476. The summed E-state index contributed by atoms with van der Waals surface area (Å²) in [6, 6.07) is 8.55. The average Bonchev–Trinajstić information content (AvgIpc) is 3.02. The Morgan fingerprint density at radius 1 is 1.18 bits per heavy atom. The molecule has 0 unspecified atom stereocenters. The number of fused-ring (bicyclic) bond motifs is 2. The van der Waals surface area contributed by atoms with Gasteiger partial charge in [-0.2, -0.15) is 0 Å². The molecule has 1 spiro atoms. The third-order valence-electron chi connectivity index (χ3n) is 6.32. The Morgan fingerprint density at radius 3 is 2.61 bits per heavy atom. The lowest BCUT2D eigenvalue weighted by atomic mass is 9.73. The van der Waals surface area contributed by atoms with Gasteiger partial charge in [0.15, 0.2) is 0 Å². The van der Waals surface area contributed by atoms with Crippen molar-refractivity contribution in [1.29, 1.82) is 0 Å². The van der Waals surface area contributed by atoms with Crippen molar-refractivity contribution in [2.45, 2.75) is 37.0 Å². The summed E-state index contributed by atoms with van der Waals surface area (Å²) < 4.78 is 0.